The summed E-state index contributed by atoms with van der Waals surface area (Å²) in [6.07, 6.45) is 0. The summed E-state index contributed by atoms with van der Waals surface area (Å²) in [5, 5.41) is 15.8. The van der Waals surface area contributed by atoms with E-state index >= 15 is 0 Å². The maximum atomic E-state index is 12.7. The van der Waals surface area contributed by atoms with Crippen LogP contribution in [-0.2, 0) is 0 Å². The fraction of sp³-hybridized carbons (Fsp3) is 0. The van der Waals surface area contributed by atoms with E-state index < -0.39 is 0 Å². The van der Waals surface area contributed by atoms with E-state index in [1.165, 1.54) is 0 Å². The Morgan fingerprint density at radius 2 is 1.62 bits per heavy atom. The number of nitrogens with zero attached hydrogens (tertiary/aromatic N) is 3. The Balaban J connectivity index is 1.66. The first-order valence-electron chi connectivity index (χ1n) is 9.01. The predicted octanol–water partition coefficient (Wildman–Crippen LogP) is 4.17. The zero-order valence-corrected chi connectivity index (χ0v) is 15.2. The van der Waals surface area contributed by atoms with Crippen molar-refractivity contribution in [3.05, 3.63) is 89.2 Å². The van der Waals surface area contributed by atoms with Gasteiger partial charge in [0.2, 0.25) is 0 Å². The van der Waals surface area contributed by atoms with Crippen molar-refractivity contribution < 1.29 is 4.74 Å². The molecule has 2 aromatic heterocycles. The van der Waals surface area contributed by atoms with E-state index in [2.05, 4.69) is 25.6 Å². The van der Waals surface area contributed by atoms with E-state index in [0.717, 1.165) is 16.3 Å². The summed E-state index contributed by atoms with van der Waals surface area (Å²) in [5.41, 5.74) is 1.40. The maximum Gasteiger partial charge on any atom is 0.259 e. The molecule has 0 radical (unpaired) electrons. The summed E-state index contributed by atoms with van der Waals surface area (Å²) in [6, 6.07) is 25.1. The lowest BCUT2D eigenvalue weighted by molar-refractivity contribution is 0.483. The maximum absolute atomic E-state index is 12.7. The van der Waals surface area contributed by atoms with Crippen LogP contribution in [0.15, 0.2) is 83.7 Å². The van der Waals surface area contributed by atoms with Crippen LogP contribution in [0.4, 0.5) is 0 Å². The van der Waals surface area contributed by atoms with Gasteiger partial charge in [-0.1, -0.05) is 60.7 Å². The molecule has 29 heavy (non-hydrogen) atoms. The Morgan fingerprint density at radius 1 is 0.828 bits per heavy atom. The normalized spacial score (nSPS) is 10.9. The summed E-state index contributed by atoms with van der Waals surface area (Å²) in [4.78, 5) is 15.6. The second-order valence-electron chi connectivity index (χ2n) is 6.48. The van der Waals surface area contributed by atoms with E-state index in [-0.39, 0.29) is 11.4 Å². The van der Waals surface area contributed by atoms with Gasteiger partial charge < -0.3 is 9.72 Å². The molecular weight excluding hydrogens is 366 g/mol. The Labute approximate surface area is 165 Å². The molecule has 0 bridgehead atoms. The lowest BCUT2D eigenvalue weighted by Crippen LogP contribution is -2.12. The topological polar surface area (TPSA) is 96.6 Å². The molecule has 0 amide bonds. The van der Waals surface area contributed by atoms with Crippen LogP contribution in [0.3, 0.4) is 0 Å². The molecule has 2 N–H and O–H groups in total. The highest BCUT2D eigenvalue weighted by molar-refractivity contribution is 5.84. The van der Waals surface area contributed by atoms with E-state index in [9.17, 15) is 4.79 Å². The second-order valence-corrected chi connectivity index (χ2v) is 6.48. The van der Waals surface area contributed by atoms with Crippen LogP contribution in [0.5, 0.6) is 11.5 Å². The molecule has 0 unspecified atom stereocenters. The second kappa shape index (κ2) is 7.05. The molecule has 7 nitrogen and oxygen atoms in total. The molecule has 3 aromatic carbocycles. The van der Waals surface area contributed by atoms with E-state index in [0.29, 0.717) is 22.8 Å². The first-order chi connectivity index (χ1) is 14.3. The molecule has 0 atom stereocenters. The van der Waals surface area contributed by atoms with Gasteiger partial charge in [-0.3, -0.25) is 4.79 Å². The molecular formula is C22H15N5O2. The van der Waals surface area contributed by atoms with Crippen molar-refractivity contribution in [1.82, 2.24) is 25.6 Å². The number of hydrogen-bond acceptors (Lipinski definition) is 5. The molecule has 5 rings (SSSR count). The molecule has 2 heterocycles. The Kier molecular flexibility index (Phi) is 4.10. The van der Waals surface area contributed by atoms with Crippen molar-refractivity contribution in [1.29, 1.82) is 0 Å². The van der Waals surface area contributed by atoms with Crippen LogP contribution >= 0.6 is 0 Å². The number of tetrazole rings is 1. The zero-order valence-electron chi connectivity index (χ0n) is 15.2. The minimum Gasteiger partial charge on any atom is -0.455 e. The third kappa shape index (κ3) is 3.25. The molecule has 0 fully saturated rings. The Hall–Kier alpha value is -4.26. The molecule has 0 aliphatic carbocycles. The van der Waals surface area contributed by atoms with Gasteiger partial charge in [0.25, 0.3) is 5.56 Å². The van der Waals surface area contributed by atoms with Crippen molar-refractivity contribution in [3.63, 3.8) is 0 Å². The van der Waals surface area contributed by atoms with Crippen molar-refractivity contribution in [2.24, 2.45) is 0 Å². The molecule has 0 saturated carbocycles. The van der Waals surface area contributed by atoms with Gasteiger partial charge in [-0.25, -0.2) is 5.10 Å². The molecule has 0 spiro atoms. The number of aromatic nitrogens is 5. The van der Waals surface area contributed by atoms with Crippen LogP contribution < -0.4 is 10.3 Å². The van der Waals surface area contributed by atoms with Crippen LogP contribution in [0.2, 0.25) is 0 Å². The smallest absolute Gasteiger partial charge is 0.259 e. The first-order valence-corrected chi connectivity index (χ1v) is 9.01. The largest absolute Gasteiger partial charge is 0.455 e. The number of ether oxygens (including phenoxy) is 1. The summed E-state index contributed by atoms with van der Waals surface area (Å²) >= 11 is 0. The number of H-pyrrole nitrogens is 2. The number of aromatic amines is 2. The number of hydrogen-bond donors (Lipinski definition) is 2. The Morgan fingerprint density at radius 3 is 2.41 bits per heavy atom. The number of benzene rings is 3. The van der Waals surface area contributed by atoms with Gasteiger partial charge >= 0.3 is 0 Å². The highest BCUT2D eigenvalue weighted by Crippen LogP contribution is 2.33. The average molecular weight is 381 g/mol. The highest BCUT2D eigenvalue weighted by Gasteiger charge is 2.16. The fourth-order valence-electron chi connectivity index (χ4n) is 3.22. The van der Waals surface area contributed by atoms with E-state index in [1.54, 1.807) is 6.07 Å². The minimum absolute atomic E-state index is 0.272. The number of nitrogens with one attached hydrogen (secondary N) is 2. The molecule has 0 saturated heterocycles. The van der Waals surface area contributed by atoms with E-state index in [4.69, 9.17) is 4.74 Å². The fourth-order valence-corrected chi connectivity index (χ4v) is 3.22. The van der Waals surface area contributed by atoms with Crippen molar-refractivity contribution in [2.45, 2.75) is 0 Å². The summed E-state index contributed by atoms with van der Waals surface area (Å²) in [5.74, 6) is 1.43. The van der Waals surface area contributed by atoms with Crippen molar-refractivity contribution in [2.75, 3.05) is 0 Å². The molecule has 0 aliphatic heterocycles. The molecule has 7 heteroatoms. The summed E-state index contributed by atoms with van der Waals surface area (Å²) in [6.45, 7) is 0. The predicted molar refractivity (Wildman–Crippen MR) is 110 cm³/mol. The lowest BCUT2D eigenvalue weighted by atomic mass is 10.1. The Bertz CT molecular complexity index is 1350. The highest BCUT2D eigenvalue weighted by atomic mass is 16.5. The number of pyridine rings is 1. The monoisotopic (exact) mass is 381 g/mol. The summed E-state index contributed by atoms with van der Waals surface area (Å²) in [7, 11) is 0. The van der Waals surface area contributed by atoms with E-state index in [1.807, 2.05) is 72.8 Å². The van der Waals surface area contributed by atoms with Crippen LogP contribution in [0.1, 0.15) is 0 Å². The van der Waals surface area contributed by atoms with Gasteiger partial charge in [-0.05, 0) is 39.4 Å². The van der Waals surface area contributed by atoms with Gasteiger partial charge in [0, 0.05) is 5.56 Å². The van der Waals surface area contributed by atoms with Crippen LogP contribution in [0, 0.1) is 0 Å². The van der Waals surface area contributed by atoms with Gasteiger partial charge in [-0.15, -0.1) is 5.10 Å². The quantitative estimate of drug-likeness (QED) is 0.487. The number of fused-ring (bicyclic) bond motifs is 1. The molecule has 0 aliphatic rings. The van der Waals surface area contributed by atoms with Gasteiger partial charge in [0.1, 0.15) is 5.75 Å². The van der Waals surface area contributed by atoms with Gasteiger partial charge in [0.05, 0.1) is 11.3 Å². The standard InChI is InChI=1S/C22H15N5O2/c28-22-18(21-24-26-27-25-21)13-19(20(23-22)15-7-2-1-3-8-15)29-17-11-10-14-6-4-5-9-16(14)12-17/h1-13H,(H,23,28)(H,24,25,26,27). The minimum atomic E-state index is -0.312. The zero-order chi connectivity index (χ0) is 19.6. The van der Waals surface area contributed by atoms with Crippen LogP contribution in [-0.4, -0.2) is 25.6 Å². The lowest BCUT2D eigenvalue weighted by Gasteiger charge is -2.13. The van der Waals surface area contributed by atoms with Crippen molar-refractivity contribution in [3.8, 4) is 34.1 Å². The van der Waals surface area contributed by atoms with Gasteiger partial charge in [-0.2, -0.15) is 0 Å². The molecule has 5 aromatic rings. The van der Waals surface area contributed by atoms with Crippen molar-refractivity contribution >= 4 is 10.8 Å². The van der Waals surface area contributed by atoms with Gasteiger partial charge in [0.15, 0.2) is 11.6 Å². The average Bonchev–Trinajstić information content (AvgIpc) is 3.30. The third-order valence-corrected chi connectivity index (χ3v) is 4.62. The third-order valence-electron chi connectivity index (χ3n) is 4.62. The number of rotatable bonds is 4. The SMILES string of the molecule is O=c1[nH]c(-c2ccccc2)c(Oc2ccc3ccccc3c2)cc1-c1nnn[nH]1. The first kappa shape index (κ1) is 16.9. The van der Waals surface area contributed by atoms with Crippen LogP contribution in [0.25, 0.3) is 33.4 Å². The molecule has 140 valence electrons. The summed E-state index contributed by atoms with van der Waals surface area (Å²) < 4.78 is 6.21.